The van der Waals surface area contributed by atoms with Crippen LogP contribution < -0.4 is 0 Å². The molecule has 1 aliphatic heterocycles. The number of nitrogens with zero attached hydrogens (tertiary/aromatic N) is 1. The van der Waals surface area contributed by atoms with Crippen LogP contribution in [0.1, 0.15) is 27.7 Å². The zero-order valence-electron chi connectivity index (χ0n) is 13.8. The third-order valence-electron chi connectivity index (χ3n) is 4.67. The van der Waals surface area contributed by atoms with E-state index in [-0.39, 0.29) is 11.6 Å². The van der Waals surface area contributed by atoms with Crippen LogP contribution in [-0.4, -0.2) is 43.2 Å². The van der Waals surface area contributed by atoms with E-state index in [1.54, 1.807) is 0 Å². The Morgan fingerprint density at radius 1 is 1.36 bits per heavy atom. The number of rotatable bonds is 3. The fourth-order valence-corrected chi connectivity index (χ4v) is 3.10. The summed E-state index contributed by atoms with van der Waals surface area (Å²) in [5, 5.41) is 9.05. The fourth-order valence-electron chi connectivity index (χ4n) is 2.07. The Hall–Kier alpha value is -1.02. The highest BCUT2D eigenvalue weighted by Gasteiger charge is 2.48. The Kier molecular flexibility index (Phi) is 5.09. The molecule has 0 saturated heterocycles. The monoisotopic (exact) mass is 339 g/mol. The molecule has 0 spiro atoms. The van der Waals surface area contributed by atoms with E-state index in [1.807, 2.05) is 33.9 Å². The molecule has 8 heteroatoms. The van der Waals surface area contributed by atoms with Crippen molar-refractivity contribution in [1.82, 2.24) is 4.90 Å². The topological polar surface area (TPSA) is 49.8 Å². The van der Waals surface area contributed by atoms with E-state index in [9.17, 15) is 18.0 Å². The predicted octanol–water partition coefficient (Wildman–Crippen LogP) is 4.45. The Balaban J connectivity index is 2.93. The molecular formula is C14H24F3NO3Si. The van der Waals surface area contributed by atoms with Gasteiger partial charge in [-0.2, -0.15) is 13.2 Å². The summed E-state index contributed by atoms with van der Waals surface area (Å²) in [5.41, 5.74) is -0.821. The van der Waals surface area contributed by atoms with Crippen molar-refractivity contribution in [2.24, 2.45) is 5.92 Å². The molecule has 4 nitrogen and oxygen atoms in total. The minimum absolute atomic E-state index is 0.0277. The molecule has 0 radical (unpaired) electrons. The number of carboxylic acid groups (broad SMARTS) is 1. The van der Waals surface area contributed by atoms with E-state index >= 15 is 0 Å². The van der Waals surface area contributed by atoms with Gasteiger partial charge in [-0.15, -0.1) is 0 Å². The summed E-state index contributed by atoms with van der Waals surface area (Å²) >= 11 is 0. The minimum Gasteiger partial charge on any atom is -0.465 e. The number of hydrogen-bond donors (Lipinski definition) is 1. The van der Waals surface area contributed by atoms with Crippen LogP contribution in [0, 0.1) is 5.92 Å². The van der Waals surface area contributed by atoms with Crippen molar-refractivity contribution in [3.05, 3.63) is 11.8 Å². The molecule has 0 aromatic rings. The van der Waals surface area contributed by atoms with Gasteiger partial charge < -0.3 is 9.53 Å². The van der Waals surface area contributed by atoms with Crippen LogP contribution >= 0.6 is 0 Å². The van der Waals surface area contributed by atoms with Gasteiger partial charge in [0.25, 0.3) is 0 Å². The van der Waals surface area contributed by atoms with Gasteiger partial charge in [-0.05, 0) is 18.1 Å². The normalized spacial score (nSPS) is 23.7. The minimum atomic E-state index is -4.53. The van der Waals surface area contributed by atoms with E-state index < -0.39 is 38.1 Å². The molecule has 0 aromatic carbocycles. The first-order valence-corrected chi connectivity index (χ1v) is 10.0. The maximum atomic E-state index is 13.0. The lowest BCUT2D eigenvalue weighted by Gasteiger charge is -2.38. The van der Waals surface area contributed by atoms with E-state index in [1.165, 1.54) is 6.92 Å². The average molecular weight is 339 g/mol. The molecule has 1 aliphatic rings. The lowest BCUT2D eigenvalue weighted by molar-refractivity contribution is -0.0980. The maximum Gasteiger partial charge on any atom is 0.414 e. The Bertz CT molecular complexity index is 469. The van der Waals surface area contributed by atoms with E-state index in [2.05, 4.69) is 0 Å². The molecule has 2 unspecified atom stereocenters. The number of carbonyl (C=O) groups is 1. The van der Waals surface area contributed by atoms with Crippen molar-refractivity contribution < 1.29 is 27.5 Å². The highest BCUT2D eigenvalue weighted by atomic mass is 28.4. The molecule has 2 atom stereocenters. The van der Waals surface area contributed by atoms with Crippen molar-refractivity contribution in [2.45, 2.75) is 58.0 Å². The number of amides is 1. The summed E-state index contributed by atoms with van der Waals surface area (Å²) in [4.78, 5) is 11.9. The molecule has 0 aromatic heterocycles. The lowest BCUT2D eigenvalue weighted by Crippen LogP contribution is -2.46. The van der Waals surface area contributed by atoms with Gasteiger partial charge in [-0.25, -0.2) is 4.79 Å². The maximum absolute atomic E-state index is 13.0. The summed E-state index contributed by atoms with van der Waals surface area (Å²) in [5.74, 6) is -0.944. The van der Waals surface area contributed by atoms with Crippen LogP contribution in [0.25, 0.3) is 0 Å². The highest BCUT2D eigenvalue weighted by Crippen LogP contribution is 2.41. The second kappa shape index (κ2) is 5.88. The van der Waals surface area contributed by atoms with Gasteiger partial charge in [-0.1, -0.05) is 27.7 Å². The zero-order chi connectivity index (χ0) is 17.5. The molecule has 22 heavy (non-hydrogen) atoms. The number of halogens is 3. The van der Waals surface area contributed by atoms with Gasteiger partial charge in [-0.3, -0.25) is 4.90 Å². The number of hydrogen-bond acceptors (Lipinski definition) is 2. The van der Waals surface area contributed by atoms with Crippen molar-refractivity contribution in [3.63, 3.8) is 0 Å². The first kappa shape index (κ1) is 19.0. The second-order valence-electron chi connectivity index (χ2n) is 7.20. The van der Waals surface area contributed by atoms with Crippen LogP contribution in [0.2, 0.25) is 18.1 Å². The fraction of sp³-hybridized carbons (Fsp3) is 0.786. The van der Waals surface area contributed by atoms with Crippen molar-refractivity contribution in [2.75, 3.05) is 6.61 Å². The molecule has 0 aliphatic carbocycles. The second-order valence-corrected chi connectivity index (χ2v) is 12.0. The summed E-state index contributed by atoms with van der Waals surface area (Å²) in [7, 11) is -2.16. The van der Waals surface area contributed by atoms with Gasteiger partial charge in [0.05, 0.1) is 18.2 Å². The molecule has 1 rings (SSSR count). The van der Waals surface area contributed by atoms with Crippen molar-refractivity contribution >= 4 is 14.4 Å². The van der Waals surface area contributed by atoms with E-state index in [0.717, 1.165) is 4.90 Å². The summed E-state index contributed by atoms with van der Waals surface area (Å²) in [6.07, 6.45) is -5.24. The Morgan fingerprint density at radius 3 is 2.23 bits per heavy atom. The molecule has 0 saturated carbocycles. The molecular weight excluding hydrogens is 315 g/mol. The predicted molar refractivity (Wildman–Crippen MR) is 80.1 cm³/mol. The molecule has 1 amide bonds. The van der Waals surface area contributed by atoms with Crippen molar-refractivity contribution in [3.8, 4) is 0 Å². The molecule has 1 heterocycles. The summed E-state index contributed by atoms with van der Waals surface area (Å²) < 4.78 is 44.8. The highest BCUT2D eigenvalue weighted by molar-refractivity contribution is 6.74. The third-order valence-corrected chi connectivity index (χ3v) is 9.17. The van der Waals surface area contributed by atoms with Gasteiger partial charge in [0.2, 0.25) is 0 Å². The lowest BCUT2D eigenvalue weighted by atomic mass is 9.97. The van der Waals surface area contributed by atoms with Gasteiger partial charge >= 0.3 is 12.3 Å². The van der Waals surface area contributed by atoms with Gasteiger partial charge in [0, 0.05) is 12.1 Å². The largest absolute Gasteiger partial charge is 0.465 e. The summed E-state index contributed by atoms with van der Waals surface area (Å²) in [6, 6.07) is -0.844. The number of alkyl halides is 3. The first-order valence-electron chi connectivity index (χ1n) is 7.12. The standard InChI is InChI=1S/C14H24F3NO3Si/c1-9-10(14(15,16)17)7-18(12(19)20)11(9)8-21-22(5,6)13(2,3)4/h7,9,11H,8H2,1-6H3,(H,19,20). The third kappa shape index (κ3) is 3.84. The zero-order valence-corrected chi connectivity index (χ0v) is 14.8. The van der Waals surface area contributed by atoms with Crippen LogP contribution in [-0.2, 0) is 4.43 Å². The smallest absolute Gasteiger partial charge is 0.414 e. The van der Waals surface area contributed by atoms with Crippen LogP contribution in [0.5, 0.6) is 0 Å². The summed E-state index contributed by atoms with van der Waals surface area (Å²) in [6.45, 7) is 11.4. The van der Waals surface area contributed by atoms with E-state index in [0.29, 0.717) is 6.20 Å². The van der Waals surface area contributed by atoms with Gasteiger partial charge in [0.15, 0.2) is 8.32 Å². The van der Waals surface area contributed by atoms with Crippen LogP contribution in [0.4, 0.5) is 18.0 Å². The molecule has 128 valence electrons. The van der Waals surface area contributed by atoms with Gasteiger partial charge in [0.1, 0.15) is 0 Å². The Labute approximate surface area is 130 Å². The van der Waals surface area contributed by atoms with E-state index in [4.69, 9.17) is 9.53 Å². The molecule has 0 fully saturated rings. The molecule has 0 bridgehead atoms. The average Bonchev–Trinajstić information content (AvgIpc) is 2.62. The van der Waals surface area contributed by atoms with Crippen LogP contribution in [0.15, 0.2) is 11.8 Å². The van der Waals surface area contributed by atoms with Crippen LogP contribution in [0.3, 0.4) is 0 Å². The Morgan fingerprint density at radius 2 is 1.86 bits per heavy atom. The quantitative estimate of drug-likeness (QED) is 0.773. The SMILES string of the molecule is CC1C(C(F)(F)F)=CN(C(=O)O)C1CO[Si](C)(C)C(C)(C)C. The first-order chi connectivity index (χ1) is 9.68. The molecule has 1 N–H and O–H groups in total. The van der Waals surface area contributed by atoms with Crippen molar-refractivity contribution in [1.29, 1.82) is 0 Å².